The summed E-state index contributed by atoms with van der Waals surface area (Å²) in [5.41, 5.74) is 0. The normalized spacial score (nSPS) is 10.5. The van der Waals surface area contributed by atoms with Gasteiger partial charge in [0.05, 0.1) is 6.10 Å². The van der Waals surface area contributed by atoms with E-state index in [1.807, 2.05) is 34.6 Å². The Morgan fingerprint density at radius 1 is 1.00 bits per heavy atom. The molecule has 1 unspecified atom stereocenters. The smallest absolute Gasteiger partial charge is 0.302 e. The first-order chi connectivity index (χ1) is 7.02. The van der Waals surface area contributed by atoms with Crippen LogP contribution in [0.2, 0.25) is 0 Å². The zero-order valence-electron chi connectivity index (χ0n) is 11.9. The van der Waals surface area contributed by atoms with E-state index in [1.54, 1.807) is 0 Å². The molecule has 0 aliphatic heterocycles. The largest absolute Gasteiger partial charge is 0.463 e. The lowest BCUT2D eigenvalue weighted by Gasteiger charge is -2.12. The van der Waals surface area contributed by atoms with Gasteiger partial charge in [0.25, 0.3) is 0 Å². The van der Waals surface area contributed by atoms with Crippen molar-refractivity contribution in [1.29, 1.82) is 0 Å². The molecule has 0 bridgehead atoms. The molecule has 0 amide bonds. The van der Waals surface area contributed by atoms with E-state index >= 15 is 0 Å². The van der Waals surface area contributed by atoms with Gasteiger partial charge >= 0.3 is 5.97 Å². The maximum atomic E-state index is 10.5. The second kappa shape index (κ2) is 15.9. The molecule has 0 saturated heterocycles. The molecular formula is C13H30O2. The zero-order chi connectivity index (χ0) is 12.9. The molecule has 0 fully saturated rings. The van der Waals surface area contributed by atoms with E-state index in [4.69, 9.17) is 4.74 Å². The van der Waals surface area contributed by atoms with Crippen LogP contribution in [0.15, 0.2) is 0 Å². The fraction of sp³-hybridized carbons (Fsp3) is 0.923. The second-order valence-electron chi connectivity index (χ2n) is 3.39. The van der Waals surface area contributed by atoms with Crippen LogP contribution in [0.1, 0.15) is 68.2 Å². The third kappa shape index (κ3) is 24.7. The Morgan fingerprint density at radius 3 is 1.67 bits per heavy atom. The topological polar surface area (TPSA) is 26.3 Å². The Kier molecular flexibility index (Phi) is 21.2. The number of ether oxygens (including phenoxy) is 1. The first kappa shape index (κ1) is 20.0. The predicted molar refractivity (Wildman–Crippen MR) is 68.0 cm³/mol. The van der Waals surface area contributed by atoms with E-state index in [2.05, 4.69) is 13.8 Å². The molecule has 0 heterocycles. The van der Waals surface area contributed by atoms with Crippen LogP contribution in [0.3, 0.4) is 0 Å². The molecule has 0 aliphatic carbocycles. The molecule has 94 valence electrons. The van der Waals surface area contributed by atoms with Crippen LogP contribution in [-0.2, 0) is 9.53 Å². The van der Waals surface area contributed by atoms with Gasteiger partial charge in [0.1, 0.15) is 0 Å². The van der Waals surface area contributed by atoms with Gasteiger partial charge < -0.3 is 4.74 Å². The number of carbonyl (C=O) groups is 1. The Morgan fingerprint density at radius 2 is 1.40 bits per heavy atom. The summed E-state index contributed by atoms with van der Waals surface area (Å²) in [5.74, 6) is 0.509. The van der Waals surface area contributed by atoms with E-state index in [9.17, 15) is 4.79 Å². The first-order valence-electron chi connectivity index (χ1n) is 6.19. The van der Waals surface area contributed by atoms with Crippen molar-refractivity contribution in [3.05, 3.63) is 0 Å². The fourth-order valence-electron chi connectivity index (χ4n) is 0.910. The van der Waals surface area contributed by atoms with Gasteiger partial charge in [-0.05, 0) is 25.7 Å². The lowest BCUT2D eigenvalue weighted by Crippen LogP contribution is -2.12. The Labute approximate surface area is 96.4 Å². The van der Waals surface area contributed by atoms with Gasteiger partial charge in [0, 0.05) is 6.92 Å². The molecule has 0 aromatic carbocycles. The summed E-state index contributed by atoms with van der Waals surface area (Å²) in [7, 11) is 0. The van der Waals surface area contributed by atoms with E-state index in [1.165, 1.54) is 6.92 Å². The summed E-state index contributed by atoms with van der Waals surface area (Å²) >= 11 is 0. The number of carbonyl (C=O) groups excluding carboxylic acids is 1. The third-order valence-corrected chi connectivity index (χ3v) is 1.52. The Hall–Kier alpha value is -0.530. The summed E-state index contributed by atoms with van der Waals surface area (Å²) in [6, 6.07) is 0. The summed E-state index contributed by atoms with van der Waals surface area (Å²) in [5, 5.41) is 0. The van der Waals surface area contributed by atoms with Gasteiger partial charge in [-0.2, -0.15) is 0 Å². The number of hydrogen-bond donors (Lipinski definition) is 0. The van der Waals surface area contributed by atoms with Gasteiger partial charge in [-0.3, -0.25) is 4.79 Å². The van der Waals surface area contributed by atoms with Gasteiger partial charge in [-0.15, -0.1) is 0 Å². The van der Waals surface area contributed by atoms with Crippen molar-refractivity contribution in [1.82, 2.24) is 0 Å². The van der Waals surface area contributed by atoms with Crippen LogP contribution >= 0.6 is 0 Å². The molecule has 0 aromatic rings. The van der Waals surface area contributed by atoms with Crippen LogP contribution in [0.4, 0.5) is 0 Å². The Bertz CT molecular complexity index is 120. The highest BCUT2D eigenvalue weighted by atomic mass is 16.5. The lowest BCUT2D eigenvalue weighted by molar-refractivity contribution is -0.145. The lowest BCUT2D eigenvalue weighted by atomic mass is 10.1. The summed E-state index contributed by atoms with van der Waals surface area (Å²) in [4.78, 5) is 10.5. The summed E-state index contributed by atoms with van der Waals surface area (Å²) in [6.07, 6.45) is 2.17. The van der Waals surface area contributed by atoms with Crippen molar-refractivity contribution in [2.45, 2.75) is 74.3 Å². The SMILES string of the molecule is CC.CC.CC(=O)OC(C)CCC(C)C. The third-order valence-electron chi connectivity index (χ3n) is 1.52. The van der Waals surface area contributed by atoms with Crippen LogP contribution < -0.4 is 0 Å². The highest BCUT2D eigenvalue weighted by molar-refractivity contribution is 5.66. The maximum Gasteiger partial charge on any atom is 0.302 e. The molecular weight excluding hydrogens is 188 g/mol. The highest BCUT2D eigenvalue weighted by Gasteiger charge is 2.05. The summed E-state index contributed by atoms with van der Waals surface area (Å²) < 4.78 is 4.96. The molecule has 0 rings (SSSR count). The molecule has 0 radical (unpaired) electrons. The van der Waals surface area contributed by atoms with Crippen LogP contribution in [0.5, 0.6) is 0 Å². The van der Waals surface area contributed by atoms with Crippen LogP contribution in [0, 0.1) is 5.92 Å². The zero-order valence-corrected chi connectivity index (χ0v) is 11.9. The standard InChI is InChI=1S/C9H18O2.2C2H6/c1-7(2)5-6-8(3)11-9(4)10;2*1-2/h7-8H,5-6H2,1-4H3;2*1-2H3. The molecule has 2 heteroatoms. The van der Waals surface area contributed by atoms with Gasteiger partial charge in [0.15, 0.2) is 0 Å². The minimum atomic E-state index is -0.179. The van der Waals surface area contributed by atoms with E-state index < -0.39 is 0 Å². The highest BCUT2D eigenvalue weighted by Crippen LogP contribution is 2.08. The molecule has 0 saturated carbocycles. The maximum absolute atomic E-state index is 10.5. The minimum absolute atomic E-state index is 0.0786. The van der Waals surface area contributed by atoms with E-state index in [0.29, 0.717) is 5.92 Å². The molecule has 0 N–H and O–H groups in total. The first-order valence-corrected chi connectivity index (χ1v) is 6.19. The quantitative estimate of drug-likeness (QED) is 0.653. The van der Waals surface area contributed by atoms with Crippen LogP contribution in [-0.4, -0.2) is 12.1 Å². The molecule has 0 aromatic heterocycles. The Balaban J connectivity index is -0.000000318. The average Bonchev–Trinajstić information content (AvgIpc) is 2.20. The van der Waals surface area contributed by atoms with Crippen molar-refractivity contribution in [3.63, 3.8) is 0 Å². The van der Waals surface area contributed by atoms with Crippen molar-refractivity contribution < 1.29 is 9.53 Å². The van der Waals surface area contributed by atoms with E-state index in [-0.39, 0.29) is 12.1 Å². The molecule has 1 atom stereocenters. The number of rotatable bonds is 4. The molecule has 15 heavy (non-hydrogen) atoms. The molecule has 0 spiro atoms. The van der Waals surface area contributed by atoms with E-state index in [0.717, 1.165) is 12.8 Å². The van der Waals surface area contributed by atoms with Gasteiger partial charge in [0.2, 0.25) is 0 Å². The van der Waals surface area contributed by atoms with Crippen molar-refractivity contribution >= 4 is 5.97 Å². The van der Waals surface area contributed by atoms with Crippen LogP contribution in [0.25, 0.3) is 0 Å². The summed E-state index contributed by atoms with van der Waals surface area (Å²) in [6.45, 7) is 15.7. The van der Waals surface area contributed by atoms with Crippen molar-refractivity contribution in [2.75, 3.05) is 0 Å². The molecule has 2 nitrogen and oxygen atoms in total. The fourth-order valence-corrected chi connectivity index (χ4v) is 0.910. The average molecular weight is 218 g/mol. The van der Waals surface area contributed by atoms with Gasteiger partial charge in [-0.25, -0.2) is 0 Å². The second-order valence-corrected chi connectivity index (χ2v) is 3.39. The monoisotopic (exact) mass is 218 g/mol. The van der Waals surface area contributed by atoms with Crippen molar-refractivity contribution in [3.8, 4) is 0 Å². The predicted octanol–water partition coefficient (Wildman–Crippen LogP) is 4.43. The number of hydrogen-bond acceptors (Lipinski definition) is 2. The minimum Gasteiger partial charge on any atom is -0.463 e. The van der Waals surface area contributed by atoms with Gasteiger partial charge in [-0.1, -0.05) is 41.5 Å². The number of esters is 1. The molecule has 0 aliphatic rings. The van der Waals surface area contributed by atoms with Crippen molar-refractivity contribution in [2.24, 2.45) is 5.92 Å².